The Hall–Kier alpha value is -0.420. The van der Waals surface area contributed by atoms with Crippen LogP contribution in [0.3, 0.4) is 0 Å². The topological polar surface area (TPSA) is 54.5 Å². The molecule has 0 radical (unpaired) electrons. The van der Waals surface area contributed by atoms with E-state index in [1.807, 2.05) is 6.92 Å². The van der Waals surface area contributed by atoms with E-state index in [0.29, 0.717) is 25.4 Å². The number of carbonyl (C=O) groups is 1. The maximum absolute atomic E-state index is 12.4. The van der Waals surface area contributed by atoms with E-state index in [1.54, 1.807) is 4.31 Å². The van der Waals surface area contributed by atoms with Crippen molar-refractivity contribution in [3.63, 3.8) is 0 Å². The molecule has 0 spiro atoms. The molecular weight excluding hydrogens is 262 g/mol. The Morgan fingerprint density at radius 2 is 1.89 bits per heavy atom. The Balaban J connectivity index is 1.96. The van der Waals surface area contributed by atoms with Crippen molar-refractivity contribution in [3.05, 3.63) is 0 Å². The predicted octanol–water partition coefficient (Wildman–Crippen LogP) is 2.20. The zero-order chi connectivity index (χ0) is 13.9. The second kappa shape index (κ2) is 6.35. The van der Waals surface area contributed by atoms with Crippen molar-refractivity contribution < 1.29 is 13.2 Å². The van der Waals surface area contributed by atoms with Crippen molar-refractivity contribution >= 4 is 15.8 Å². The van der Waals surface area contributed by atoms with E-state index in [4.69, 9.17) is 0 Å². The monoisotopic (exact) mass is 287 g/mol. The van der Waals surface area contributed by atoms with Crippen molar-refractivity contribution in [2.45, 2.75) is 51.9 Å². The van der Waals surface area contributed by atoms with E-state index >= 15 is 0 Å². The second-order valence-corrected chi connectivity index (χ2v) is 7.98. The number of rotatable bonds is 4. The van der Waals surface area contributed by atoms with E-state index in [-0.39, 0.29) is 17.5 Å². The molecular formula is C14H25NO3S. The highest BCUT2D eigenvalue weighted by molar-refractivity contribution is 7.89. The average molecular weight is 287 g/mol. The van der Waals surface area contributed by atoms with Crippen LogP contribution in [0.2, 0.25) is 0 Å². The number of Topliss-reactive ketones (excluding diaryl/α,β-unsaturated/α-hetero) is 1. The van der Waals surface area contributed by atoms with Crippen molar-refractivity contribution in [1.82, 2.24) is 4.31 Å². The number of hydrogen-bond donors (Lipinski definition) is 0. The van der Waals surface area contributed by atoms with Gasteiger partial charge >= 0.3 is 0 Å². The van der Waals surface area contributed by atoms with E-state index < -0.39 is 10.0 Å². The molecule has 110 valence electrons. The highest BCUT2D eigenvalue weighted by Gasteiger charge is 2.34. The number of ketones is 1. The first-order chi connectivity index (χ1) is 9.03. The van der Waals surface area contributed by atoms with Crippen molar-refractivity contribution in [2.75, 3.05) is 18.8 Å². The Morgan fingerprint density at radius 3 is 2.53 bits per heavy atom. The number of hydrogen-bond acceptors (Lipinski definition) is 3. The lowest BCUT2D eigenvalue weighted by Gasteiger charge is -2.32. The van der Waals surface area contributed by atoms with Gasteiger partial charge in [0.25, 0.3) is 0 Å². The van der Waals surface area contributed by atoms with Gasteiger partial charge in [0.2, 0.25) is 10.0 Å². The summed E-state index contributed by atoms with van der Waals surface area (Å²) in [5.41, 5.74) is 0. The number of carbonyl (C=O) groups excluding carboxylic acids is 1. The molecule has 1 aliphatic carbocycles. The zero-order valence-corrected chi connectivity index (χ0v) is 12.6. The van der Waals surface area contributed by atoms with Gasteiger partial charge in [-0.2, -0.15) is 0 Å². The summed E-state index contributed by atoms with van der Waals surface area (Å²) in [5.74, 6) is 0.760. The minimum atomic E-state index is -3.17. The lowest BCUT2D eigenvalue weighted by Crippen LogP contribution is -2.45. The van der Waals surface area contributed by atoms with Gasteiger partial charge in [-0.15, -0.1) is 0 Å². The number of sulfonamides is 1. The quantitative estimate of drug-likeness (QED) is 0.796. The number of piperidine rings is 1. The van der Waals surface area contributed by atoms with Gasteiger partial charge in [0.05, 0.1) is 5.75 Å². The van der Waals surface area contributed by atoms with E-state index in [9.17, 15) is 13.2 Å². The van der Waals surface area contributed by atoms with Crippen molar-refractivity contribution in [3.8, 4) is 0 Å². The van der Waals surface area contributed by atoms with Gasteiger partial charge in [-0.1, -0.05) is 26.2 Å². The Labute approximate surface area is 116 Å². The lowest BCUT2D eigenvalue weighted by atomic mass is 9.91. The zero-order valence-electron chi connectivity index (χ0n) is 11.8. The maximum atomic E-state index is 12.4. The van der Waals surface area contributed by atoms with Crippen LogP contribution in [0.1, 0.15) is 51.9 Å². The lowest BCUT2D eigenvalue weighted by molar-refractivity contribution is -0.125. The number of nitrogens with zero attached hydrogens (tertiary/aromatic N) is 1. The summed E-state index contributed by atoms with van der Waals surface area (Å²) < 4.78 is 26.4. The second-order valence-electron chi connectivity index (χ2n) is 5.96. The van der Waals surface area contributed by atoms with Crippen LogP contribution >= 0.6 is 0 Å². The summed E-state index contributed by atoms with van der Waals surface area (Å²) in [5, 5.41) is 0. The predicted molar refractivity (Wildman–Crippen MR) is 75.3 cm³/mol. The molecule has 5 heteroatoms. The van der Waals surface area contributed by atoms with Gasteiger partial charge in [0, 0.05) is 25.4 Å². The Morgan fingerprint density at radius 1 is 1.21 bits per heavy atom. The van der Waals surface area contributed by atoms with Gasteiger partial charge in [0.1, 0.15) is 5.78 Å². The molecule has 1 atom stereocenters. The van der Waals surface area contributed by atoms with Gasteiger partial charge in [-0.05, 0) is 25.2 Å². The van der Waals surface area contributed by atoms with Crippen LogP contribution < -0.4 is 0 Å². The largest absolute Gasteiger partial charge is 0.299 e. The summed E-state index contributed by atoms with van der Waals surface area (Å²) >= 11 is 0. The van der Waals surface area contributed by atoms with Crippen LogP contribution in [0.5, 0.6) is 0 Å². The Kier molecular flexibility index (Phi) is 5.01. The van der Waals surface area contributed by atoms with Crippen molar-refractivity contribution in [1.29, 1.82) is 0 Å². The fraction of sp³-hybridized carbons (Fsp3) is 0.929. The van der Waals surface area contributed by atoms with Gasteiger partial charge in [-0.25, -0.2) is 12.7 Å². The molecule has 19 heavy (non-hydrogen) atoms. The smallest absolute Gasteiger partial charge is 0.214 e. The average Bonchev–Trinajstić information content (AvgIpc) is 2.39. The van der Waals surface area contributed by atoms with Crippen LogP contribution in [0.25, 0.3) is 0 Å². The first kappa shape index (κ1) is 15.0. The van der Waals surface area contributed by atoms with Crippen LogP contribution in [-0.4, -0.2) is 37.3 Å². The molecule has 2 rings (SSSR count). The summed E-state index contributed by atoms with van der Waals surface area (Å²) in [6.45, 7) is 2.76. The molecule has 2 aliphatic rings. The molecule has 2 fully saturated rings. The highest BCUT2D eigenvalue weighted by atomic mass is 32.2. The van der Waals surface area contributed by atoms with Crippen LogP contribution in [0.4, 0.5) is 0 Å². The minimum absolute atomic E-state index is 0.0881. The van der Waals surface area contributed by atoms with Gasteiger partial charge in [0.15, 0.2) is 0 Å². The molecule has 1 unspecified atom stereocenters. The first-order valence-corrected chi connectivity index (χ1v) is 9.14. The molecule has 1 heterocycles. The van der Waals surface area contributed by atoms with E-state index in [0.717, 1.165) is 32.1 Å². The third kappa shape index (κ3) is 3.78. The molecule has 0 aromatic heterocycles. The molecule has 1 saturated heterocycles. The highest BCUT2D eigenvalue weighted by Crippen LogP contribution is 2.27. The summed E-state index contributed by atoms with van der Waals surface area (Å²) in [6.07, 6.45) is 6.79. The van der Waals surface area contributed by atoms with Crippen molar-refractivity contribution in [2.24, 2.45) is 11.8 Å². The fourth-order valence-corrected chi connectivity index (χ4v) is 5.16. The van der Waals surface area contributed by atoms with Crippen LogP contribution in [0, 0.1) is 11.8 Å². The van der Waals surface area contributed by atoms with Gasteiger partial charge < -0.3 is 0 Å². The third-order valence-electron chi connectivity index (χ3n) is 4.54. The van der Waals surface area contributed by atoms with Crippen LogP contribution in [-0.2, 0) is 14.8 Å². The SMILES string of the molecule is CCC1CN(S(=O)(=O)CC2CCCCC2)CCC1=O. The molecule has 0 N–H and O–H groups in total. The molecule has 1 saturated carbocycles. The van der Waals surface area contributed by atoms with Crippen LogP contribution in [0.15, 0.2) is 0 Å². The molecule has 0 aromatic rings. The summed E-state index contributed by atoms with van der Waals surface area (Å²) in [7, 11) is -3.17. The molecule has 0 bridgehead atoms. The van der Waals surface area contributed by atoms with E-state index in [1.165, 1.54) is 6.42 Å². The molecule has 0 amide bonds. The minimum Gasteiger partial charge on any atom is -0.299 e. The maximum Gasteiger partial charge on any atom is 0.214 e. The van der Waals surface area contributed by atoms with Gasteiger partial charge in [-0.3, -0.25) is 4.79 Å². The Bertz CT molecular complexity index is 412. The first-order valence-electron chi connectivity index (χ1n) is 7.53. The summed E-state index contributed by atoms with van der Waals surface area (Å²) in [6, 6.07) is 0. The molecule has 4 nitrogen and oxygen atoms in total. The molecule has 1 aliphatic heterocycles. The van der Waals surface area contributed by atoms with E-state index in [2.05, 4.69) is 0 Å². The third-order valence-corrected chi connectivity index (χ3v) is 6.56. The fourth-order valence-electron chi connectivity index (χ4n) is 3.24. The summed E-state index contributed by atoms with van der Waals surface area (Å²) in [4.78, 5) is 11.7. The molecule has 0 aromatic carbocycles. The standard InChI is InChI=1S/C14H25NO3S/c1-2-13-10-15(9-8-14(13)16)19(17,18)11-12-6-4-3-5-7-12/h12-13H,2-11H2,1H3. The normalized spacial score (nSPS) is 27.6.